The van der Waals surface area contributed by atoms with E-state index in [0.29, 0.717) is 5.02 Å². The van der Waals surface area contributed by atoms with Crippen molar-refractivity contribution in [2.45, 2.75) is 19.6 Å². The molecule has 2 aromatic rings. The lowest BCUT2D eigenvalue weighted by atomic mass is 10.1. The van der Waals surface area contributed by atoms with Crippen LogP contribution in [-0.2, 0) is 6.54 Å². The highest BCUT2D eigenvalue weighted by molar-refractivity contribution is 9.10. The summed E-state index contributed by atoms with van der Waals surface area (Å²) >= 11 is 9.33. The molecule has 1 N–H and O–H groups in total. The fourth-order valence-electron chi connectivity index (χ4n) is 1.74. The fourth-order valence-corrected chi connectivity index (χ4v) is 2.63. The molecular weight excluding hydrogens is 304 g/mol. The monoisotopic (exact) mass is 314 g/mol. The molecule has 5 heteroatoms. The maximum absolute atomic E-state index is 10.3. The summed E-state index contributed by atoms with van der Waals surface area (Å²) in [5.41, 5.74) is 1.52. The number of aromatic nitrogens is 2. The first-order valence-electron chi connectivity index (χ1n) is 5.27. The van der Waals surface area contributed by atoms with Crippen LogP contribution in [0.2, 0.25) is 5.02 Å². The zero-order chi connectivity index (χ0) is 12.4. The zero-order valence-corrected chi connectivity index (χ0v) is 11.6. The van der Waals surface area contributed by atoms with E-state index in [-0.39, 0.29) is 0 Å². The van der Waals surface area contributed by atoms with Gasteiger partial charge in [0.05, 0.1) is 5.69 Å². The highest BCUT2D eigenvalue weighted by atomic mass is 79.9. The van der Waals surface area contributed by atoms with Crippen LogP contribution in [0.1, 0.15) is 24.3 Å². The summed E-state index contributed by atoms with van der Waals surface area (Å²) in [7, 11) is 0. The molecule has 0 aliphatic rings. The van der Waals surface area contributed by atoms with Crippen molar-refractivity contribution in [3.05, 3.63) is 51.2 Å². The number of aryl methyl sites for hydroxylation is 1. The Morgan fingerprint density at radius 2 is 2.24 bits per heavy atom. The molecule has 0 bridgehead atoms. The molecule has 17 heavy (non-hydrogen) atoms. The van der Waals surface area contributed by atoms with Gasteiger partial charge in [-0.1, -0.05) is 27.5 Å². The minimum atomic E-state index is -0.715. The third-order valence-electron chi connectivity index (χ3n) is 2.53. The minimum absolute atomic E-state index is 0.594. The molecule has 2 rings (SSSR count). The van der Waals surface area contributed by atoms with Crippen molar-refractivity contribution in [1.29, 1.82) is 0 Å². The molecule has 0 spiro atoms. The molecule has 0 saturated heterocycles. The Morgan fingerprint density at radius 1 is 1.47 bits per heavy atom. The largest absolute Gasteiger partial charge is 0.382 e. The first-order valence-corrected chi connectivity index (χ1v) is 6.44. The Balaban J connectivity index is 2.39. The maximum Gasteiger partial charge on any atom is 0.121 e. The molecule has 0 fully saturated rings. The van der Waals surface area contributed by atoms with E-state index < -0.39 is 6.10 Å². The van der Waals surface area contributed by atoms with Gasteiger partial charge in [0, 0.05) is 22.2 Å². The van der Waals surface area contributed by atoms with Gasteiger partial charge in [-0.25, -0.2) is 0 Å². The molecule has 0 saturated carbocycles. The van der Waals surface area contributed by atoms with Crippen molar-refractivity contribution in [2.24, 2.45) is 0 Å². The second-order valence-electron chi connectivity index (χ2n) is 3.68. The molecule has 90 valence electrons. The Kier molecular flexibility index (Phi) is 3.86. The lowest BCUT2D eigenvalue weighted by molar-refractivity contribution is 0.208. The lowest BCUT2D eigenvalue weighted by Gasteiger charge is -2.13. The lowest BCUT2D eigenvalue weighted by Crippen LogP contribution is -2.09. The smallest absolute Gasteiger partial charge is 0.121 e. The van der Waals surface area contributed by atoms with Crippen molar-refractivity contribution in [3.8, 4) is 0 Å². The van der Waals surface area contributed by atoms with E-state index in [4.69, 9.17) is 11.6 Å². The molecule has 0 aliphatic heterocycles. The van der Waals surface area contributed by atoms with Gasteiger partial charge >= 0.3 is 0 Å². The van der Waals surface area contributed by atoms with Crippen molar-refractivity contribution in [1.82, 2.24) is 9.78 Å². The molecule has 1 aromatic heterocycles. The van der Waals surface area contributed by atoms with Crippen molar-refractivity contribution < 1.29 is 5.11 Å². The van der Waals surface area contributed by atoms with E-state index in [9.17, 15) is 5.11 Å². The van der Waals surface area contributed by atoms with E-state index in [0.717, 1.165) is 22.3 Å². The van der Waals surface area contributed by atoms with Crippen LogP contribution >= 0.6 is 27.5 Å². The van der Waals surface area contributed by atoms with E-state index >= 15 is 0 Å². The van der Waals surface area contributed by atoms with Gasteiger partial charge in [-0.3, -0.25) is 4.68 Å². The van der Waals surface area contributed by atoms with Gasteiger partial charge in [0.2, 0.25) is 0 Å². The number of benzene rings is 1. The molecule has 0 radical (unpaired) electrons. The van der Waals surface area contributed by atoms with Crippen LogP contribution in [0.4, 0.5) is 0 Å². The summed E-state index contributed by atoms with van der Waals surface area (Å²) in [6, 6.07) is 7.20. The van der Waals surface area contributed by atoms with Crippen LogP contribution < -0.4 is 0 Å². The molecular formula is C12H12BrClN2O. The van der Waals surface area contributed by atoms with Crippen molar-refractivity contribution in [2.75, 3.05) is 0 Å². The van der Waals surface area contributed by atoms with Crippen LogP contribution in [0.15, 0.2) is 34.9 Å². The second-order valence-corrected chi connectivity index (χ2v) is 5.03. The van der Waals surface area contributed by atoms with E-state index in [1.807, 2.05) is 19.1 Å². The Morgan fingerprint density at radius 3 is 2.88 bits per heavy atom. The molecule has 1 atom stereocenters. The van der Waals surface area contributed by atoms with Gasteiger partial charge in [0.15, 0.2) is 0 Å². The molecule has 3 nitrogen and oxygen atoms in total. The summed E-state index contributed by atoms with van der Waals surface area (Å²) in [6.07, 6.45) is 0.967. The second kappa shape index (κ2) is 5.21. The average Bonchev–Trinajstić information content (AvgIpc) is 2.74. The number of aliphatic hydroxyl groups is 1. The van der Waals surface area contributed by atoms with Crippen LogP contribution in [0.3, 0.4) is 0 Å². The highest BCUT2D eigenvalue weighted by Crippen LogP contribution is 2.27. The first kappa shape index (κ1) is 12.6. The predicted octanol–water partition coefficient (Wildman–Crippen LogP) is 3.40. The average molecular weight is 316 g/mol. The summed E-state index contributed by atoms with van der Waals surface area (Å²) in [4.78, 5) is 0. The van der Waals surface area contributed by atoms with Crippen LogP contribution in [-0.4, -0.2) is 14.9 Å². The first-order chi connectivity index (χ1) is 8.11. The summed E-state index contributed by atoms with van der Waals surface area (Å²) in [6.45, 7) is 2.71. The van der Waals surface area contributed by atoms with E-state index in [1.54, 1.807) is 23.0 Å². The number of halogens is 2. The number of rotatable bonds is 3. The third-order valence-corrected chi connectivity index (χ3v) is 3.21. The van der Waals surface area contributed by atoms with E-state index in [2.05, 4.69) is 21.0 Å². The van der Waals surface area contributed by atoms with Crippen LogP contribution in [0.25, 0.3) is 0 Å². The van der Waals surface area contributed by atoms with Crippen molar-refractivity contribution in [3.63, 3.8) is 0 Å². The molecule has 1 unspecified atom stereocenters. The van der Waals surface area contributed by atoms with Crippen LogP contribution in [0.5, 0.6) is 0 Å². The SMILES string of the molecule is CCn1nccc1C(O)c1cc(Cl)cc(Br)c1. The van der Waals surface area contributed by atoms with Crippen molar-refractivity contribution >= 4 is 27.5 Å². The predicted molar refractivity (Wildman–Crippen MR) is 71.1 cm³/mol. The number of aliphatic hydroxyl groups excluding tert-OH is 1. The van der Waals surface area contributed by atoms with Crippen LogP contribution in [0, 0.1) is 0 Å². The topological polar surface area (TPSA) is 38.0 Å². The van der Waals surface area contributed by atoms with Gasteiger partial charge in [-0.15, -0.1) is 0 Å². The molecule has 1 heterocycles. The third kappa shape index (κ3) is 2.70. The van der Waals surface area contributed by atoms with Gasteiger partial charge in [-0.2, -0.15) is 5.10 Å². The number of hydrogen-bond donors (Lipinski definition) is 1. The van der Waals surface area contributed by atoms with Gasteiger partial charge in [-0.05, 0) is 36.8 Å². The fraction of sp³-hybridized carbons (Fsp3) is 0.250. The van der Waals surface area contributed by atoms with Gasteiger partial charge in [0.1, 0.15) is 6.10 Å². The quantitative estimate of drug-likeness (QED) is 0.942. The Hall–Kier alpha value is -0.840. The van der Waals surface area contributed by atoms with Gasteiger partial charge < -0.3 is 5.11 Å². The highest BCUT2D eigenvalue weighted by Gasteiger charge is 2.15. The molecule has 0 amide bonds. The molecule has 0 aliphatic carbocycles. The Bertz CT molecular complexity index is 507. The number of nitrogens with zero attached hydrogens (tertiary/aromatic N) is 2. The normalized spacial score (nSPS) is 12.7. The van der Waals surface area contributed by atoms with Gasteiger partial charge in [0.25, 0.3) is 0 Å². The maximum atomic E-state index is 10.3. The standard InChI is InChI=1S/C12H12BrClN2O/c1-2-16-11(3-4-15-16)12(17)8-5-9(13)7-10(14)6-8/h3-7,12,17H,2H2,1H3. The molecule has 1 aromatic carbocycles. The Labute approximate surface area is 113 Å². The summed E-state index contributed by atoms with van der Waals surface area (Å²) in [5.74, 6) is 0. The van der Waals surface area contributed by atoms with E-state index in [1.165, 1.54) is 0 Å². The number of hydrogen-bond acceptors (Lipinski definition) is 2. The summed E-state index contributed by atoms with van der Waals surface area (Å²) < 4.78 is 2.61. The zero-order valence-electron chi connectivity index (χ0n) is 9.27. The minimum Gasteiger partial charge on any atom is -0.382 e. The summed E-state index contributed by atoms with van der Waals surface area (Å²) in [5, 5.41) is 15.0.